The van der Waals surface area contributed by atoms with Gasteiger partial charge < -0.3 is 14.7 Å². The molecule has 2 saturated heterocycles. The number of para-hydroxylation sites is 1. The minimum Gasteiger partial charge on any atom is -0.391 e. The summed E-state index contributed by atoms with van der Waals surface area (Å²) in [6, 6.07) is 7.77. The summed E-state index contributed by atoms with van der Waals surface area (Å²) in [6.07, 6.45) is 2.25. The van der Waals surface area contributed by atoms with Crippen LogP contribution in [0.1, 0.15) is 26.7 Å². The van der Waals surface area contributed by atoms with E-state index in [2.05, 4.69) is 33.8 Å². The molecule has 3 atom stereocenters. The Balaban J connectivity index is 1.48. The van der Waals surface area contributed by atoms with Gasteiger partial charge in [-0.3, -0.25) is 9.47 Å². The summed E-state index contributed by atoms with van der Waals surface area (Å²) in [7, 11) is 0. The van der Waals surface area contributed by atoms with Gasteiger partial charge in [-0.2, -0.15) is 0 Å². The third-order valence-electron chi connectivity index (χ3n) is 5.47. The summed E-state index contributed by atoms with van der Waals surface area (Å²) >= 11 is 8.04. The molecule has 0 saturated carbocycles. The summed E-state index contributed by atoms with van der Waals surface area (Å²) in [5.41, 5.74) is 0.874. The van der Waals surface area contributed by atoms with Gasteiger partial charge in [0.15, 0.2) is 5.16 Å². The van der Waals surface area contributed by atoms with Gasteiger partial charge in [0.2, 0.25) is 5.95 Å². The van der Waals surface area contributed by atoms with E-state index in [1.807, 2.05) is 28.8 Å². The molecule has 2 fully saturated rings. The molecule has 3 heterocycles. The van der Waals surface area contributed by atoms with Crippen LogP contribution in [0, 0.1) is 0 Å². The molecule has 3 unspecified atom stereocenters. The van der Waals surface area contributed by atoms with E-state index < -0.39 is 6.10 Å². The highest BCUT2D eigenvalue weighted by Crippen LogP contribution is 2.32. The molecule has 9 heteroatoms. The minimum atomic E-state index is -0.459. The van der Waals surface area contributed by atoms with Crippen LogP contribution in [-0.2, 0) is 4.74 Å². The highest BCUT2D eigenvalue weighted by molar-refractivity contribution is 7.99. The van der Waals surface area contributed by atoms with Gasteiger partial charge in [0.05, 0.1) is 29.0 Å². The maximum atomic E-state index is 10.7. The number of hydrogen-bond donors (Lipinski definition) is 1. The molecular weight excluding hydrogens is 422 g/mol. The molecule has 2 aliphatic heterocycles. The van der Waals surface area contributed by atoms with Crippen molar-refractivity contribution in [1.29, 1.82) is 0 Å². The molecule has 2 aliphatic rings. The lowest BCUT2D eigenvalue weighted by Crippen LogP contribution is -2.48. The number of rotatable bonds is 7. The average molecular weight is 452 g/mol. The molecule has 0 bridgehead atoms. The summed E-state index contributed by atoms with van der Waals surface area (Å²) in [5, 5.41) is 21.0. The zero-order valence-corrected chi connectivity index (χ0v) is 19.1. The first kappa shape index (κ1) is 21.9. The highest BCUT2D eigenvalue weighted by atomic mass is 35.5. The number of anilines is 1. The van der Waals surface area contributed by atoms with Crippen molar-refractivity contribution in [2.75, 3.05) is 43.4 Å². The highest BCUT2D eigenvalue weighted by Gasteiger charge is 2.26. The number of aliphatic hydroxyl groups excluding tert-OH is 1. The van der Waals surface area contributed by atoms with Crippen LogP contribution in [0.3, 0.4) is 0 Å². The van der Waals surface area contributed by atoms with Crippen molar-refractivity contribution in [3.8, 4) is 5.69 Å². The van der Waals surface area contributed by atoms with Gasteiger partial charge in [0.1, 0.15) is 0 Å². The molecule has 7 nitrogen and oxygen atoms in total. The van der Waals surface area contributed by atoms with E-state index in [1.165, 1.54) is 11.8 Å². The van der Waals surface area contributed by atoms with Gasteiger partial charge >= 0.3 is 0 Å². The molecule has 1 aromatic heterocycles. The van der Waals surface area contributed by atoms with E-state index in [9.17, 15) is 5.11 Å². The number of hydrogen-bond acceptors (Lipinski definition) is 7. The molecule has 164 valence electrons. The fraction of sp³-hybridized carbons (Fsp3) is 0.619. The minimum absolute atomic E-state index is 0.194. The Morgan fingerprint density at radius 3 is 2.57 bits per heavy atom. The zero-order chi connectivity index (χ0) is 21.1. The summed E-state index contributed by atoms with van der Waals surface area (Å²) in [4.78, 5) is 4.53. The standard InChI is InChI=1S/C21H30ClN5O2S/c1-15-11-25(12-16(2)29-15)13-17(28)14-30-21-24-23-20(26-9-5-6-10-26)27(21)19-8-4-3-7-18(19)22/h3-4,7-8,15-17,28H,5-6,9-14H2,1-2H3. The van der Waals surface area contributed by atoms with Crippen molar-refractivity contribution < 1.29 is 9.84 Å². The number of aliphatic hydroxyl groups is 1. The Morgan fingerprint density at radius 1 is 1.17 bits per heavy atom. The van der Waals surface area contributed by atoms with Crippen LogP contribution < -0.4 is 4.90 Å². The second-order valence-corrected chi connectivity index (χ2v) is 9.60. The number of aromatic nitrogens is 3. The Labute approximate surface area is 187 Å². The van der Waals surface area contributed by atoms with E-state index in [-0.39, 0.29) is 12.2 Å². The molecule has 0 amide bonds. The average Bonchev–Trinajstić information content (AvgIpc) is 3.35. The summed E-state index contributed by atoms with van der Waals surface area (Å²) < 4.78 is 7.82. The van der Waals surface area contributed by atoms with Crippen molar-refractivity contribution in [3.63, 3.8) is 0 Å². The Kier molecular flexibility index (Phi) is 7.20. The van der Waals surface area contributed by atoms with Gasteiger partial charge in [-0.15, -0.1) is 10.2 Å². The number of ether oxygens (including phenoxy) is 1. The Hall–Kier alpha value is -1.32. The van der Waals surface area contributed by atoms with Crippen molar-refractivity contribution in [3.05, 3.63) is 29.3 Å². The quantitative estimate of drug-likeness (QED) is 0.649. The van der Waals surface area contributed by atoms with E-state index in [0.717, 1.165) is 55.8 Å². The Morgan fingerprint density at radius 2 is 1.87 bits per heavy atom. The number of nitrogens with zero attached hydrogens (tertiary/aromatic N) is 5. The maximum Gasteiger partial charge on any atom is 0.232 e. The predicted molar refractivity (Wildman–Crippen MR) is 121 cm³/mol. The molecule has 30 heavy (non-hydrogen) atoms. The number of halogens is 1. The summed E-state index contributed by atoms with van der Waals surface area (Å²) in [6.45, 7) is 8.43. The Bertz CT molecular complexity index is 835. The molecule has 4 rings (SSSR count). The van der Waals surface area contributed by atoms with Crippen LogP contribution in [0.25, 0.3) is 5.69 Å². The largest absolute Gasteiger partial charge is 0.391 e. The molecule has 1 N–H and O–H groups in total. The molecule has 0 radical (unpaired) electrons. The topological polar surface area (TPSA) is 66.7 Å². The third-order valence-corrected chi connectivity index (χ3v) is 6.86. The number of thioether (sulfide) groups is 1. The first-order valence-electron chi connectivity index (χ1n) is 10.6. The van der Waals surface area contributed by atoms with Crippen LogP contribution in [0.2, 0.25) is 5.02 Å². The van der Waals surface area contributed by atoms with Crippen LogP contribution in [0.4, 0.5) is 5.95 Å². The maximum absolute atomic E-state index is 10.7. The van der Waals surface area contributed by atoms with Crippen molar-refractivity contribution in [2.24, 2.45) is 0 Å². The number of morpholine rings is 1. The lowest BCUT2D eigenvalue weighted by atomic mass is 10.2. The first-order chi connectivity index (χ1) is 14.5. The number of benzene rings is 1. The summed E-state index contributed by atoms with van der Waals surface area (Å²) in [5.74, 6) is 1.37. The van der Waals surface area contributed by atoms with Gasteiger partial charge in [0.25, 0.3) is 0 Å². The van der Waals surface area contributed by atoms with Gasteiger partial charge in [-0.05, 0) is 38.8 Å². The van der Waals surface area contributed by atoms with E-state index in [1.54, 1.807) is 0 Å². The second-order valence-electron chi connectivity index (χ2n) is 8.20. The molecule has 0 aliphatic carbocycles. The van der Waals surface area contributed by atoms with Gasteiger partial charge in [-0.1, -0.05) is 35.5 Å². The lowest BCUT2D eigenvalue weighted by Gasteiger charge is -2.36. The monoisotopic (exact) mass is 451 g/mol. The fourth-order valence-corrected chi connectivity index (χ4v) is 5.35. The molecule has 2 aromatic rings. The molecule has 1 aromatic carbocycles. The van der Waals surface area contributed by atoms with Gasteiger partial charge in [-0.25, -0.2) is 0 Å². The molecule has 0 spiro atoms. The van der Waals surface area contributed by atoms with E-state index in [4.69, 9.17) is 16.3 Å². The molecular formula is C21H30ClN5O2S. The lowest BCUT2D eigenvalue weighted by molar-refractivity contribution is -0.0750. The van der Waals surface area contributed by atoms with Crippen molar-refractivity contribution in [1.82, 2.24) is 19.7 Å². The van der Waals surface area contributed by atoms with Crippen molar-refractivity contribution in [2.45, 2.75) is 50.2 Å². The van der Waals surface area contributed by atoms with Crippen LogP contribution in [0.5, 0.6) is 0 Å². The first-order valence-corrected chi connectivity index (χ1v) is 12.0. The normalized spacial score (nSPS) is 23.8. The zero-order valence-electron chi connectivity index (χ0n) is 17.6. The van der Waals surface area contributed by atoms with E-state index >= 15 is 0 Å². The van der Waals surface area contributed by atoms with Crippen LogP contribution >= 0.6 is 23.4 Å². The second kappa shape index (κ2) is 9.87. The smallest absolute Gasteiger partial charge is 0.232 e. The number of β-amino-alcohol motifs (C(OH)–C–C–N with tert-alkyl or cyclic N) is 1. The van der Waals surface area contributed by atoms with E-state index in [0.29, 0.717) is 17.3 Å². The SMILES string of the molecule is CC1CN(CC(O)CSc2nnc(N3CCCC3)n2-c2ccccc2Cl)CC(C)O1. The van der Waals surface area contributed by atoms with Crippen molar-refractivity contribution >= 4 is 29.3 Å². The fourth-order valence-electron chi connectivity index (χ4n) is 4.28. The van der Waals surface area contributed by atoms with Crippen LogP contribution in [0.15, 0.2) is 29.4 Å². The van der Waals surface area contributed by atoms with Gasteiger partial charge in [0, 0.05) is 38.5 Å². The third kappa shape index (κ3) is 5.11. The predicted octanol–water partition coefficient (Wildman–Crippen LogP) is 3.08. The van der Waals surface area contributed by atoms with Crippen LogP contribution in [-0.4, -0.2) is 81.6 Å².